The SMILES string of the molecule is COC(=O)CCC1(C)CCc2c3c(c(C)c(C)c2O1)OC(C)(CCCOO)CC3. The van der Waals surface area contributed by atoms with E-state index in [0.717, 1.165) is 61.2 Å². The van der Waals surface area contributed by atoms with Crippen LogP contribution in [0.2, 0.25) is 0 Å². The summed E-state index contributed by atoms with van der Waals surface area (Å²) in [7, 11) is 1.42. The van der Waals surface area contributed by atoms with Crippen LogP contribution in [0, 0.1) is 13.8 Å². The standard InChI is InChI=1S/C23H34O6/c1-15-16(2)21-18(8-12-23(4,29-21)13-9-19(24)26-5)17-7-11-22(3,28-20(15)17)10-6-14-27-25/h25H,6-14H2,1-5H3. The third-order valence-corrected chi connectivity index (χ3v) is 6.69. The molecule has 2 aliphatic rings. The zero-order valence-electron chi connectivity index (χ0n) is 18.4. The molecule has 6 nitrogen and oxygen atoms in total. The zero-order chi connectivity index (χ0) is 21.2. The average Bonchev–Trinajstić information content (AvgIpc) is 2.70. The van der Waals surface area contributed by atoms with Crippen molar-refractivity contribution in [1.29, 1.82) is 0 Å². The Labute approximate surface area is 173 Å². The van der Waals surface area contributed by atoms with E-state index in [-0.39, 0.29) is 17.2 Å². The Kier molecular flexibility index (Phi) is 6.44. The number of methoxy groups -OCH3 is 1. The van der Waals surface area contributed by atoms with E-state index in [4.69, 9.17) is 19.5 Å². The third kappa shape index (κ3) is 4.53. The molecule has 0 saturated carbocycles. The Balaban J connectivity index is 1.85. The van der Waals surface area contributed by atoms with Crippen molar-refractivity contribution in [3.8, 4) is 11.5 Å². The minimum atomic E-state index is -0.360. The molecular weight excluding hydrogens is 372 g/mol. The Morgan fingerprint density at radius 2 is 1.52 bits per heavy atom. The smallest absolute Gasteiger partial charge is 0.305 e. The number of ether oxygens (including phenoxy) is 3. The van der Waals surface area contributed by atoms with Crippen molar-refractivity contribution in [3.63, 3.8) is 0 Å². The lowest BCUT2D eigenvalue weighted by molar-refractivity contribution is -0.243. The molecule has 2 atom stereocenters. The number of esters is 1. The Morgan fingerprint density at radius 3 is 2.00 bits per heavy atom. The van der Waals surface area contributed by atoms with Crippen LogP contribution in [0.25, 0.3) is 0 Å². The normalized spacial score (nSPS) is 25.4. The highest BCUT2D eigenvalue weighted by Crippen LogP contribution is 2.49. The van der Waals surface area contributed by atoms with Gasteiger partial charge < -0.3 is 14.2 Å². The van der Waals surface area contributed by atoms with Gasteiger partial charge >= 0.3 is 5.97 Å². The molecule has 0 amide bonds. The molecule has 1 aromatic carbocycles. The predicted molar refractivity (Wildman–Crippen MR) is 110 cm³/mol. The molecular formula is C23H34O6. The van der Waals surface area contributed by atoms with Gasteiger partial charge in [-0.05, 0) is 83.8 Å². The summed E-state index contributed by atoms with van der Waals surface area (Å²) < 4.78 is 17.8. The largest absolute Gasteiger partial charge is 0.487 e. The van der Waals surface area contributed by atoms with Crippen molar-refractivity contribution < 1.29 is 29.1 Å². The summed E-state index contributed by atoms with van der Waals surface area (Å²) in [5.41, 5.74) is 4.17. The molecule has 2 heterocycles. The van der Waals surface area contributed by atoms with Crippen LogP contribution < -0.4 is 9.47 Å². The Hall–Kier alpha value is -1.79. The molecule has 0 spiro atoms. The maximum absolute atomic E-state index is 11.6. The van der Waals surface area contributed by atoms with E-state index in [9.17, 15) is 4.79 Å². The molecule has 0 bridgehead atoms. The first-order valence-electron chi connectivity index (χ1n) is 10.6. The second kappa shape index (κ2) is 8.52. The molecule has 0 saturated heterocycles. The van der Waals surface area contributed by atoms with Crippen molar-refractivity contribution in [1.82, 2.24) is 0 Å². The second-order valence-electron chi connectivity index (χ2n) is 8.98. The summed E-state index contributed by atoms with van der Waals surface area (Å²) in [6.45, 7) is 8.74. The van der Waals surface area contributed by atoms with Crippen molar-refractivity contribution in [3.05, 3.63) is 22.3 Å². The molecule has 0 aromatic heterocycles. The Bertz CT molecular complexity index is 773. The van der Waals surface area contributed by atoms with Gasteiger partial charge in [-0.3, -0.25) is 10.1 Å². The van der Waals surface area contributed by atoms with Gasteiger partial charge in [-0.1, -0.05) is 0 Å². The average molecular weight is 407 g/mol. The highest BCUT2D eigenvalue weighted by Gasteiger charge is 2.39. The summed E-state index contributed by atoms with van der Waals surface area (Å²) in [6.07, 6.45) is 6.29. The third-order valence-electron chi connectivity index (χ3n) is 6.69. The van der Waals surface area contributed by atoms with Crippen LogP contribution in [0.4, 0.5) is 0 Å². The van der Waals surface area contributed by atoms with Crippen LogP contribution in [0.1, 0.15) is 74.6 Å². The van der Waals surface area contributed by atoms with E-state index in [1.807, 2.05) is 0 Å². The number of carbonyl (C=O) groups is 1. The fraction of sp³-hybridized carbons (Fsp3) is 0.696. The molecule has 0 fully saturated rings. The maximum atomic E-state index is 11.6. The summed E-state index contributed by atoms with van der Waals surface area (Å²) in [6, 6.07) is 0. The van der Waals surface area contributed by atoms with Gasteiger partial charge in [0.05, 0.1) is 13.7 Å². The second-order valence-corrected chi connectivity index (χ2v) is 8.98. The van der Waals surface area contributed by atoms with Crippen molar-refractivity contribution in [2.75, 3.05) is 13.7 Å². The molecule has 0 aliphatic carbocycles. The first kappa shape index (κ1) is 21.9. The number of hydrogen-bond donors (Lipinski definition) is 1. The summed E-state index contributed by atoms with van der Waals surface area (Å²) in [4.78, 5) is 15.8. The van der Waals surface area contributed by atoms with Crippen LogP contribution in [-0.2, 0) is 27.3 Å². The van der Waals surface area contributed by atoms with Crippen molar-refractivity contribution in [2.24, 2.45) is 0 Å². The molecule has 1 N–H and O–H groups in total. The van der Waals surface area contributed by atoms with E-state index in [2.05, 4.69) is 32.6 Å². The van der Waals surface area contributed by atoms with Crippen LogP contribution in [0.5, 0.6) is 11.5 Å². The summed E-state index contributed by atoms with van der Waals surface area (Å²) >= 11 is 0. The number of hydrogen-bond acceptors (Lipinski definition) is 6. The monoisotopic (exact) mass is 406 g/mol. The van der Waals surface area contributed by atoms with Gasteiger partial charge in [-0.15, -0.1) is 0 Å². The topological polar surface area (TPSA) is 74.2 Å². The van der Waals surface area contributed by atoms with Crippen LogP contribution >= 0.6 is 0 Å². The zero-order valence-corrected chi connectivity index (χ0v) is 18.4. The molecule has 6 heteroatoms. The first-order chi connectivity index (χ1) is 13.7. The first-order valence-corrected chi connectivity index (χ1v) is 10.6. The van der Waals surface area contributed by atoms with Crippen molar-refractivity contribution in [2.45, 2.75) is 90.3 Å². The van der Waals surface area contributed by atoms with Crippen LogP contribution in [0.15, 0.2) is 0 Å². The number of fused-ring (bicyclic) bond motifs is 3. The lowest BCUT2D eigenvalue weighted by Gasteiger charge is -2.42. The molecule has 162 valence electrons. The highest BCUT2D eigenvalue weighted by molar-refractivity contribution is 5.69. The lowest BCUT2D eigenvalue weighted by atomic mass is 9.80. The molecule has 29 heavy (non-hydrogen) atoms. The van der Waals surface area contributed by atoms with E-state index < -0.39 is 0 Å². The van der Waals surface area contributed by atoms with Crippen LogP contribution in [-0.4, -0.2) is 36.1 Å². The van der Waals surface area contributed by atoms with Gasteiger partial charge in [0.2, 0.25) is 0 Å². The molecule has 1 aromatic rings. The van der Waals surface area contributed by atoms with E-state index in [0.29, 0.717) is 19.4 Å². The number of carbonyl (C=O) groups excluding carboxylic acids is 1. The molecule has 2 aliphatic heterocycles. The quantitative estimate of drug-likeness (QED) is 0.306. The summed E-state index contributed by atoms with van der Waals surface area (Å²) in [5.74, 6) is 1.78. The fourth-order valence-electron chi connectivity index (χ4n) is 4.58. The van der Waals surface area contributed by atoms with Gasteiger partial charge in [-0.2, -0.15) is 0 Å². The highest BCUT2D eigenvalue weighted by atomic mass is 17.1. The van der Waals surface area contributed by atoms with Crippen molar-refractivity contribution >= 4 is 5.97 Å². The number of benzene rings is 1. The van der Waals surface area contributed by atoms with E-state index in [1.54, 1.807) is 0 Å². The van der Waals surface area contributed by atoms with Gasteiger partial charge in [0, 0.05) is 17.5 Å². The van der Waals surface area contributed by atoms with E-state index in [1.165, 1.54) is 18.2 Å². The maximum Gasteiger partial charge on any atom is 0.305 e. The minimum absolute atomic E-state index is 0.196. The fourth-order valence-corrected chi connectivity index (χ4v) is 4.58. The number of rotatable bonds is 7. The molecule has 2 unspecified atom stereocenters. The molecule has 3 rings (SSSR count). The van der Waals surface area contributed by atoms with Gasteiger partial charge in [0.1, 0.15) is 22.7 Å². The minimum Gasteiger partial charge on any atom is -0.487 e. The predicted octanol–water partition coefficient (Wildman–Crippen LogP) is 4.69. The summed E-state index contributed by atoms with van der Waals surface area (Å²) in [5, 5.41) is 8.59. The van der Waals surface area contributed by atoms with Gasteiger partial charge in [0.25, 0.3) is 0 Å². The molecule has 0 radical (unpaired) electrons. The Morgan fingerprint density at radius 1 is 1.00 bits per heavy atom. The van der Waals surface area contributed by atoms with Crippen LogP contribution in [0.3, 0.4) is 0 Å². The van der Waals surface area contributed by atoms with Gasteiger partial charge in [-0.25, -0.2) is 4.89 Å². The van der Waals surface area contributed by atoms with Gasteiger partial charge in [0.15, 0.2) is 0 Å². The lowest BCUT2D eigenvalue weighted by Crippen LogP contribution is -2.40. The van der Waals surface area contributed by atoms with E-state index >= 15 is 0 Å².